The molecule has 1 saturated heterocycles. The zero-order valence-electron chi connectivity index (χ0n) is 19.8. The van der Waals surface area contributed by atoms with Crippen molar-refractivity contribution in [3.63, 3.8) is 0 Å². The molecule has 9 nitrogen and oxygen atoms in total. The molecule has 0 bridgehead atoms. The molecule has 0 saturated carbocycles. The second kappa shape index (κ2) is 11.5. The van der Waals surface area contributed by atoms with Crippen molar-refractivity contribution in [2.45, 2.75) is 38.6 Å². The molecule has 2 atom stereocenters. The molecule has 3 rings (SSSR count). The Morgan fingerprint density at radius 2 is 1.91 bits per heavy atom. The molecule has 1 aliphatic heterocycles. The van der Waals surface area contributed by atoms with Gasteiger partial charge in [0, 0.05) is 31.8 Å². The number of carbonyl (C=O) groups excluding carboxylic acids is 4. The van der Waals surface area contributed by atoms with Gasteiger partial charge in [0.15, 0.2) is 6.61 Å². The van der Waals surface area contributed by atoms with Gasteiger partial charge in [-0.25, -0.2) is 0 Å². The summed E-state index contributed by atoms with van der Waals surface area (Å²) in [5.41, 5.74) is 1.03. The molecule has 1 aromatic heterocycles. The highest BCUT2D eigenvalue weighted by molar-refractivity contribution is 6.04. The van der Waals surface area contributed by atoms with Crippen molar-refractivity contribution in [1.82, 2.24) is 14.8 Å². The van der Waals surface area contributed by atoms with E-state index >= 15 is 0 Å². The van der Waals surface area contributed by atoms with Crippen LogP contribution < -0.4 is 10.1 Å². The molecular formula is C25H31N3O6. The van der Waals surface area contributed by atoms with Crippen LogP contribution in [-0.4, -0.2) is 53.4 Å². The van der Waals surface area contributed by atoms with E-state index in [0.29, 0.717) is 24.4 Å². The topological polar surface area (TPSA) is 107 Å². The number of nitrogens with one attached hydrogen (secondary N) is 1. The Morgan fingerprint density at radius 1 is 1.15 bits per heavy atom. The van der Waals surface area contributed by atoms with Gasteiger partial charge in [-0.3, -0.25) is 24.5 Å². The summed E-state index contributed by atoms with van der Waals surface area (Å²) in [4.78, 5) is 52.1. The number of rotatable bonds is 9. The van der Waals surface area contributed by atoms with Crippen molar-refractivity contribution < 1.29 is 28.7 Å². The van der Waals surface area contributed by atoms with Crippen LogP contribution in [0.15, 0.2) is 42.6 Å². The molecule has 1 fully saturated rings. The summed E-state index contributed by atoms with van der Waals surface area (Å²) in [6.45, 7) is 1.95. The summed E-state index contributed by atoms with van der Waals surface area (Å²) in [6.07, 6.45) is 3.89. The summed E-state index contributed by atoms with van der Waals surface area (Å²) in [6, 6.07) is 9.99. The molecule has 1 aliphatic rings. The van der Waals surface area contributed by atoms with Crippen molar-refractivity contribution >= 4 is 23.7 Å². The van der Waals surface area contributed by atoms with Crippen LogP contribution in [0.2, 0.25) is 0 Å². The molecule has 2 heterocycles. The molecule has 2 aromatic rings. The summed E-state index contributed by atoms with van der Waals surface area (Å²) in [7, 11) is 3.23. The van der Waals surface area contributed by atoms with Crippen LogP contribution in [-0.2, 0) is 26.2 Å². The van der Waals surface area contributed by atoms with Gasteiger partial charge in [-0.15, -0.1) is 0 Å². The second-order valence-electron chi connectivity index (χ2n) is 8.26. The normalized spacial score (nSPS) is 17.9. The molecule has 0 radical (unpaired) electrons. The number of methoxy groups -OCH3 is 1. The first-order valence-corrected chi connectivity index (χ1v) is 11.4. The van der Waals surface area contributed by atoms with Crippen LogP contribution in [0.3, 0.4) is 0 Å². The van der Waals surface area contributed by atoms with Crippen LogP contribution in [0.5, 0.6) is 5.75 Å². The summed E-state index contributed by atoms with van der Waals surface area (Å²) >= 11 is 0. The fourth-order valence-electron chi connectivity index (χ4n) is 4.25. The Balaban J connectivity index is 1.75. The number of nitrogens with zero attached hydrogens (tertiary/aromatic N) is 2. The second-order valence-corrected chi connectivity index (χ2v) is 8.26. The predicted octanol–water partition coefficient (Wildman–Crippen LogP) is 2.61. The van der Waals surface area contributed by atoms with Crippen LogP contribution in [0.25, 0.3) is 0 Å². The molecule has 2 unspecified atom stereocenters. The van der Waals surface area contributed by atoms with E-state index < -0.39 is 36.4 Å². The van der Waals surface area contributed by atoms with E-state index in [1.165, 1.54) is 0 Å². The van der Waals surface area contributed by atoms with E-state index in [9.17, 15) is 19.2 Å². The minimum absolute atomic E-state index is 0.0284. The van der Waals surface area contributed by atoms with Gasteiger partial charge in [0.05, 0.1) is 19.1 Å². The average Bonchev–Trinajstić information content (AvgIpc) is 3.27. The number of para-hydroxylation sites is 1. The largest absolute Gasteiger partial charge is 0.496 e. The first kappa shape index (κ1) is 25.0. The Labute approximate surface area is 199 Å². The minimum atomic E-state index is -0.719. The quantitative estimate of drug-likeness (QED) is 0.566. The van der Waals surface area contributed by atoms with Gasteiger partial charge in [0.2, 0.25) is 5.91 Å². The number of carbonyl (C=O) groups is 4. The number of imide groups is 1. The number of hydrogen-bond acceptors (Lipinski definition) is 6. The number of amides is 3. The maximum absolute atomic E-state index is 13.1. The number of aromatic nitrogens is 1. The number of aryl methyl sites for hydroxylation is 1. The third-order valence-corrected chi connectivity index (χ3v) is 5.99. The fourth-order valence-corrected chi connectivity index (χ4v) is 4.25. The zero-order chi connectivity index (χ0) is 24.7. The van der Waals surface area contributed by atoms with E-state index in [4.69, 9.17) is 9.47 Å². The predicted molar refractivity (Wildman–Crippen MR) is 124 cm³/mol. The van der Waals surface area contributed by atoms with Gasteiger partial charge in [0.25, 0.3) is 11.8 Å². The maximum Gasteiger partial charge on any atom is 0.311 e. The Morgan fingerprint density at radius 3 is 2.59 bits per heavy atom. The maximum atomic E-state index is 13.1. The van der Waals surface area contributed by atoms with Gasteiger partial charge < -0.3 is 18.9 Å². The van der Waals surface area contributed by atoms with Gasteiger partial charge in [-0.05, 0) is 31.0 Å². The lowest BCUT2D eigenvalue weighted by Gasteiger charge is -2.40. The summed E-state index contributed by atoms with van der Waals surface area (Å²) in [5, 5.41) is 2.23. The number of piperidine rings is 1. The highest BCUT2D eigenvalue weighted by Gasteiger charge is 2.42. The summed E-state index contributed by atoms with van der Waals surface area (Å²) in [5.74, 6) is -2.00. The third kappa shape index (κ3) is 5.65. The van der Waals surface area contributed by atoms with Gasteiger partial charge in [-0.2, -0.15) is 0 Å². The van der Waals surface area contributed by atoms with Crippen molar-refractivity contribution in [1.29, 1.82) is 0 Å². The molecule has 182 valence electrons. The van der Waals surface area contributed by atoms with E-state index in [1.807, 2.05) is 25.1 Å². The number of esters is 1. The smallest absolute Gasteiger partial charge is 0.311 e. The molecule has 0 aliphatic carbocycles. The first-order valence-electron chi connectivity index (χ1n) is 11.4. The number of unbranched alkanes of at least 4 members (excludes halogenated alkanes) is 1. The SMILES string of the molecule is CCCCN1C(=O)CCC(C(=O)OCC(=O)NC(=O)c2cccn2C)C1c1ccccc1OC. The van der Waals surface area contributed by atoms with E-state index in [0.717, 1.165) is 18.4 Å². The molecule has 34 heavy (non-hydrogen) atoms. The molecule has 1 aromatic carbocycles. The Kier molecular flexibility index (Phi) is 8.45. The van der Waals surface area contributed by atoms with Crippen molar-refractivity contribution in [3.05, 3.63) is 53.9 Å². The monoisotopic (exact) mass is 469 g/mol. The third-order valence-electron chi connectivity index (χ3n) is 5.99. The number of benzene rings is 1. The van der Waals surface area contributed by atoms with E-state index in [2.05, 4.69) is 5.32 Å². The Bertz CT molecular complexity index is 1050. The summed E-state index contributed by atoms with van der Waals surface area (Å²) < 4.78 is 12.4. The minimum Gasteiger partial charge on any atom is -0.496 e. The van der Waals surface area contributed by atoms with Crippen molar-refractivity contribution in [2.24, 2.45) is 13.0 Å². The molecular weight excluding hydrogens is 438 g/mol. The van der Waals surface area contributed by atoms with Crippen LogP contribution in [0, 0.1) is 5.92 Å². The molecule has 0 spiro atoms. The molecule has 1 N–H and O–H groups in total. The number of hydrogen-bond donors (Lipinski definition) is 1. The van der Waals surface area contributed by atoms with Crippen LogP contribution in [0.1, 0.15) is 54.7 Å². The molecule has 3 amide bonds. The van der Waals surface area contributed by atoms with Crippen LogP contribution >= 0.6 is 0 Å². The van der Waals surface area contributed by atoms with Crippen molar-refractivity contribution in [3.8, 4) is 5.75 Å². The van der Waals surface area contributed by atoms with Gasteiger partial charge >= 0.3 is 5.97 Å². The van der Waals surface area contributed by atoms with E-state index in [-0.39, 0.29) is 12.3 Å². The standard InChI is InChI=1S/C25H31N3O6/c1-4-5-15-28-22(30)13-12-18(23(28)17-9-6-7-11-20(17)33-3)25(32)34-16-21(29)26-24(31)19-10-8-14-27(19)2/h6-11,14,18,23H,4-5,12-13,15-16H2,1-3H3,(H,26,29,31). The first-order chi connectivity index (χ1) is 16.4. The van der Waals surface area contributed by atoms with Crippen LogP contribution in [0.4, 0.5) is 0 Å². The van der Waals surface area contributed by atoms with E-state index in [1.54, 1.807) is 48.0 Å². The lowest BCUT2D eigenvalue weighted by atomic mass is 9.83. The Hall–Kier alpha value is -3.62. The highest BCUT2D eigenvalue weighted by atomic mass is 16.5. The zero-order valence-corrected chi connectivity index (χ0v) is 19.8. The average molecular weight is 470 g/mol. The van der Waals surface area contributed by atoms with Gasteiger partial charge in [0.1, 0.15) is 11.4 Å². The number of likely N-dealkylation sites (tertiary alicyclic amines) is 1. The lowest BCUT2D eigenvalue weighted by molar-refractivity contribution is -0.159. The molecule has 9 heteroatoms. The van der Waals surface area contributed by atoms with Crippen molar-refractivity contribution in [2.75, 3.05) is 20.3 Å². The van der Waals surface area contributed by atoms with Gasteiger partial charge in [-0.1, -0.05) is 31.5 Å². The number of ether oxygens (including phenoxy) is 2. The lowest BCUT2D eigenvalue weighted by Crippen LogP contribution is -2.46. The highest BCUT2D eigenvalue weighted by Crippen LogP contribution is 2.41. The fraction of sp³-hybridized carbons (Fsp3) is 0.440.